The van der Waals surface area contributed by atoms with E-state index in [-0.39, 0.29) is 24.7 Å². The number of hydrogen-bond acceptors (Lipinski definition) is 6. The van der Waals surface area contributed by atoms with Crippen molar-refractivity contribution in [3.8, 4) is 11.5 Å². The summed E-state index contributed by atoms with van der Waals surface area (Å²) >= 11 is 2.10. The number of urea groups is 1. The molecule has 2 heterocycles. The number of amides is 3. The Labute approximate surface area is 212 Å². The molecule has 0 bridgehead atoms. The molecule has 2 aromatic rings. The topological polar surface area (TPSA) is 102 Å². The Kier molecular flexibility index (Phi) is 8.43. The van der Waals surface area contributed by atoms with E-state index >= 15 is 0 Å². The van der Waals surface area contributed by atoms with Crippen molar-refractivity contribution in [1.82, 2.24) is 10.3 Å². The number of pyridine rings is 1. The maximum absolute atomic E-state index is 13.2. The third kappa shape index (κ3) is 6.97. The lowest BCUT2D eigenvalue weighted by Crippen LogP contribution is -2.49. The first-order valence-electron chi connectivity index (χ1n) is 10.2. The molecule has 9 nitrogen and oxygen atoms in total. The van der Waals surface area contributed by atoms with E-state index in [0.717, 1.165) is 12.1 Å². The van der Waals surface area contributed by atoms with Gasteiger partial charge < -0.3 is 24.8 Å². The number of carbonyl (C=O) groups excluding carboxylic acids is 2. The highest BCUT2D eigenvalue weighted by Gasteiger charge is 2.32. The smallest absolute Gasteiger partial charge is 0.461 e. The predicted molar refractivity (Wildman–Crippen MR) is 130 cm³/mol. The molecule has 1 atom stereocenters. The summed E-state index contributed by atoms with van der Waals surface area (Å²) in [5.74, 6) is 0.242. The van der Waals surface area contributed by atoms with Gasteiger partial charge in [-0.3, -0.25) is 9.69 Å². The van der Waals surface area contributed by atoms with Crippen LogP contribution < -0.4 is 25.0 Å². The van der Waals surface area contributed by atoms with Gasteiger partial charge in [-0.25, -0.2) is 9.78 Å². The van der Waals surface area contributed by atoms with Crippen molar-refractivity contribution in [3.63, 3.8) is 0 Å². The Hall–Kier alpha value is -3.07. The summed E-state index contributed by atoms with van der Waals surface area (Å²) in [6, 6.07) is 5.26. The number of halogens is 4. The molecule has 3 rings (SSSR count). The molecule has 1 aromatic heterocycles. The van der Waals surface area contributed by atoms with Crippen LogP contribution in [0, 0.1) is 0 Å². The SMILES string of the molecule is C=C(C)Oc1cc2c(nc1CI)N(C(=O)NC(COC)c1ccc(OC(F)(F)F)cc1)CC(=O)N2. The van der Waals surface area contributed by atoms with Crippen LogP contribution in [0.4, 0.5) is 29.5 Å². The number of fused-ring (bicyclic) bond motifs is 1. The van der Waals surface area contributed by atoms with Crippen LogP contribution in [-0.4, -0.2) is 43.5 Å². The Bertz CT molecular complexity index is 1110. The standard InChI is InChI=1S/C22H22F3IN4O5/c1-12(2)34-18-8-15-20(28-16(18)9-26)30(10-19(31)27-15)21(32)29-17(11-33-3)13-4-6-14(7-5-13)35-22(23,24)25/h4-8,17H,1,9-11H2,2-3H3,(H,27,31)(H,29,32). The number of hydrogen-bond donors (Lipinski definition) is 2. The van der Waals surface area contributed by atoms with Crippen molar-refractivity contribution < 1.29 is 37.0 Å². The van der Waals surface area contributed by atoms with E-state index in [1.807, 2.05) is 0 Å². The lowest BCUT2D eigenvalue weighted by atomic mass is 10.1. The van der Waals surface area contributed by atoms with Crippen LogP contribution in [0.15, 0.2) is 42.7 Å². The second-order valence-corrected chi connectivity index (χ2v) is 8.21. The molecule has 0 spiro atoms. The lowest BCUT2D eigenvalue weighted by Gasteiger charge is -2.30. The van der Waals surface area contributed by atoms with E-state index in [2.05, 4.69) is 49.5 Å². The van der Waals surface area contributed by atoms with Crippen molar-refractivity contribution in [2.24, 2.45) is 0 Å². The first-order valence-corrected chi connectivity index (χ1v) is 11.7. The van der Waals surface area contributed by atoms with Gasteiger partial charge in [-0.15, -0.1) is 13.2 Å². The average Bonchev–Trinajstić information content (AvgIpc) is 2.76. The minimum Gasteiger partial charge on any atom is -0.461 e. The number of anilines is 2. The van der Waals surface area contributed by atoms with Crippen molar-refractivity contribution >= 4 is 46.0 Å². The van der Waals surface area contributed by atoms with Crippen molar-refractivity contribution in [2.75, 3.05) is 30.5 Å². The Balaban J connectivity index is 1.86. The Morgan fingerprint density at radius 3 is 2.60 bits per heavy atom. The van der Waals surface area contributed by atoms with Crippen molar-refractivity contribution in [1.29, 1.82) is 0 Å². The number of nitrogens with zero attached hydrogens (tertiary/aromatic N) is 2. The number of alkyl halides is 4. The van der Waals surface area contributed by atoms with Crippen LogP contribution >= 0.6 is 22.6 Å². The Morgan fingerprint density at radius 2 is 2.03 bits per heavy atom. The molecule has 0 radical (unpaired) electrons. The zero-order valence-corrected chi connectivity index (χ0v) is 20.9. The molecule has 3 amide bonds. The van der Waals surface area contributed by atoms with Crippen LogP contribution in [0.3, 0.4) is 0 Å². The van der Waals surface area contributed by atoms with Gasteiger partial charge in [0.2, 0.25) is 5.91 Å². The first kappa shape index (κ1) is 26.5. The number of aromatic nitrogens is 1. The van der Waals surface area contributed by atoms with Gasteiger partial charge in [0.25, 0.3) is 0 Å². The molecule has 2 N–H and O–H groups in total. The van der Waals surface area contributed by atoms with E-state index in [4.69, 9.17) is 9.47 Å². The summed E-state index contributed by atoms with van der Waals surface area (Å²) in [5, 5.41) is 5.43. The van der Waals surface area contributed by atoms with Gasteiger partial charge >= 0.3 is 12.4 Å². The lowest BCUT2D eigenvalue weighted by molar-refractivity contribution is -0.274. The molecule has 0 aliphatic carbocycles. The van der Waals surface area contributed by atoms with Crippen LogP contribution in [-0.2, 0) is 14.0 Å². The molecule has 1 aliphatic heterocycles. The fourth-order valence-electron chi connectivity index (χ4n) is 3.28. The van der Waals surface area contributed by atoms with Gasteiger partial charge in [0.05, 0.1) is 29.8 Å². The molecule has 13 heteroatoms. The third-order valence-electron chi connectivity index (χ3n) is 4.68. The second kappa shape index (κ2) is 11.1. The number of ether oxygens (including phenoxy) is 3. The van der Waals surface area contributed by atoms with E-state index in [9.17, 15) is 22.8 Å². The monoisotopic (exact) mass is 606 g/mol. The van der Waals surface area contributed by atoms with Gasteiger partial charge in [-0.05, 0) is 24.6 Å². The predicted octanol–water partition coefficient (Wildman–Crippen LogP) is 4.68. The fraction of sp³-hybridized carbons (Fsp3) is 0.318. The number of methoxy groups -OCH3 is 1. The molecule has 1 unspecified atom stereocenters. The zero-order chi connectivity index (χ0) is 25.8. The third-order valence-corrected chi connectivity index (χ3v) is 5.40. The molecule has 1 aliphatic rings. The van der Waals surface area contributed by atoms with E-state index in [1.54, 1.807) is 13.0 Å². The summed E-state index contributed by atoms with van der Waals surface area (Å²) < 4.78 is 52.4. The fourth-order valence-corrected chi connectivity index (χ4v) is 3.83. The van der Waals surface area contributed by atoms with E-state index < -0.39 is 30.1 Å². The molecular formula is C22H22F3IN4O5. The van der Waals surface area contributed by atoms with Crippen LogP contribution in [0.1, 0.15) is 24.2 Å². The highest BCUT2D eigenvalue weighted by atomic mass is 127. The number of benzene rings is 1. The molecule has 35 heavy (non-hydrogen) atoms. The molecule has 0 saturated heterocycles. The zero-order valence-electron chi connectivity index (χ0n) is 18.7. The number of allylic oxidation sites excluding steroid dienone is 1. The van der Waals surface area contributed by atoms with Gasteiger partial charge in [-0.2, -0.15) is 0 Å². The number of rotatable bonds is 8. The quantitative estimate of drug-likeness (QED) is 0.257. The number of nitrogens with one attached hydrogen (secondary N) is 2. The van der Waals surface area contributed by atoms with Crippen molar-refractivity contribution in [3.05, 3.63) is 53.9 Å². The van der Waals surface area contributed by atoms with Crippen LogP contribution in [0.25, 0.3) is 0 Å². The van der Waals surface area contributed by atoms with Gasteiger partial charge in [-0.1, -0.05) is 41.3 Å². The number of carbonyl (C=O) groups is 2. The largest absolute Gasteiger partial charge is 0.573 e. The van der Waals surface area contributed by atoms with Gasteiger partial charge in [0.15, 0.2) is 11.6 Å². The summed E-state index contributed by atoms with van der Waals surface area (Å²) in [4.78, 5) is 31.2. The average molecular weight is 606 g/mol. The second-order valence-electron chi connectivity index (χ2n) is 7.45. The molecule has 188 valence electrons. The van der Waals surface area contributed by atoms with Crippen LogP contribution in [0.5, 0.6) is 11.5 Å². The van der Waals surface area contributed by atoms with Gasteiger partial charge in [0, 0.05) is 17.6 Å². The van der Waals surface area contributed by atoms with Gasteiger partial charge in [0.1, 0.15) is 12.3 Å². The maximum atomic E-state index is 13.2. The normalized spacial score (nSPS) is 14.0. The molecular weight excluding hydrogens is 584 g/mol. The summed E-state index contributed by atoms with van der Waals surface area (Å²) in [5.41, 5.74) is 1.32. The van der Waals surface area contributed by atoms with E-state index in [0.29, 0.717) is 27.2 Å². The molecule has 0 saturated carbocycles. The highest BCUT2D eigenvalue weighted by molar-refractivity contribution is 14.1. The van der Waals surface area contributed by atoms with Crippen LogP contribution in [0.2, 0.25) is 0 Å². The minimum atomic E-state index is -4.82. The summed E-state index contributed by atoms with van der Waals surface area (Å²) in [7, 11) is 1.42. The maximum Gasteiger partial charge on any atom is 0.573 e. The van der Waals surface area contributed by atoms with E-state index in [1.165, 1.54) is 24.1 Å². The van der Waals surface area contributed by atoms with Crippen molar-refractivity contribution in [2.45, 2.75) is 23.8 Å². The molecule has 1 aromatic carbocycles. The minimum absolute atomic E-state index is 0.0237. The summed E-state index contributed by atoms with van der Waals surface area (Å²) in [6.45, 7) is 5.12. The molecule has 0 fully saturated rings. The highest BCUT2D eigenvalue weighted by Crippen LogP contribution is 2.35. The first-order chi connectivity index (χ1) is 16.5. The Morgan fingerprint density at radius 1 is 1.34 bits per heavy atom. The summed E-state index contributed by atoms with van der Waals surface area (Å²) in [6.07, 6.45) is -4.82.